The standard InChI is InChI=1S/C24H32F2N4O3/c1-24(2,3)9-11-30-10-8-19(17(14-30)23(32)29(4)5)27-22(31)20-13-21(33-28-20)16-7-6-15(25)12-18(16)26/h6-7,12-13,17,19H,8-11,14H2,1-5H3,(H,27,31)/t17-,19-/m1/s1. The monoisotopic (exact) mass is 462 g/mol. The van der Waals surface area contributed by atoms with Crippen molar-refractivity contribution in [2.24, 2.45) is 11.3 Å². The van der Waals surface area contributed by atoms with Crippen LogP contribution in [0.5, 0.6) is 0 Å². The normalized spacial score (nSPS) is 19.4. The van der Waals surface area contributed by atoms with Crippen LogP contribution in [-0.2, 0) is 4.79 Å². The number of rotatable bonds is 6. The average Bonchev–Trinajstić information content (AvgIpc) is 3.22. The number of likely N-dealkylation sites (tertiary alicyclic amines) is 1. The Morgan fingerprint density at radius 2 is 1.97 bits per heavy atom. The number of hydrogen-bond donors (Lipinski definition) is 1. The van der Waals surface area contributed by atoms with Gasteiger partial charge in [0.1, 0.15) is 11.6 Å². The molecule has 2 heterocycles. The lowest BCUT2D eigenvalue weighted by Gasteiger charge is -2.39. The molecule has 1 saturated heterocycles. The second-order valence-corrected chi connectivity index (χ2v) is 10.0. The number of piperidine rings is 1. The first-order valence-corrected chi connectivity index (χ1v) is 11.1. The van der Waals surface area contributed by atoms with Gasteiger partial charge in [0.25, 0.3) is 5.91 Å². The zero-order valence-electron chi connectivity index (χ0n) is 19.8. The minimum atomic E-state index is -0.808. The topological polar surface area (TPSA) is 78.7 Å². The van der Waals surface area contributed by atoms with Crippen LogP contribution in [0.3, 0.4) is 0 Å². The van der Waals surface area contributed by atoms with Crippen LogP contribution in [0, 0.1) is 23.0 Å². The van der Waals surface area contributed by atoms with E-state index in [1.165, 1.54) is 12.1 Å². The molecule has 1 N–H and O–H groups in total. The van der Waals surface area contributed by atoms with Gasteiger partial charge in [-0.2, -0.15) is 0 Å². The summed E-state index contributed by atoms with van der Waals surface area (Å²) < 4.78 is 32.3. The molecule has 0 spiro atoms. The van der Waals surface area contributed by atoms with Crippen molar-refractivity contribution in [3.05, 3.63) is 41.6 Å². The number of halogens is 2. The molecular formula is C24H32F2N4O3. The minimum absolute atomic E-state index is 0.00997. The maximum Gasteiger partial charge on any atom is 0.273 e. The van der Waals surface area contributed by atoms with Crippen molar-refractivity contribution in [2.75, 3.05) is 33.7 Å². The molecule has 1 aliphatic rings. The average molecular weight is 463 g/mol. The van der Waals surface area contributed by atoms with Gasteiger partial charge in [-0.25, -0.2) is 8.78 Å². The Bertz CT molecular complexity index is 1000. The third kappa shape index (κ3) is 6.37. The molecule has 33 heavy (non-hydrogen) atoms. The summed E-state index contributed by atoms with van der Waals surface area (Å²) in [4.78, 5) is 29.5. The van der Waals surface area contributed by atoms with Crippen LogP contribution in [0.2, 0.25) is 0 Å². The second-order valence-electron chi connectivity index (χ2n) is 10.0. The molecule has 0 unspecified atom stereocenters. The summed E-state index contributed by atoms with van der Waals surface area (Å²) in [7, 11) is 3.41. The van der Waals surface area contributed by atoms with Crippen molar-refractivity contribution in [3.8, 4) is 11.3 Å². The molecular weight excluding hydrogens is 430 g/mol. The van der Waals surface area contributed by atoms with Gasteiger partial charge < -0.3 is 19.6 Å². The van der Waals surface area contributed by atoms with Gasteiger partial charge in [-0.05, 0) is 36.9 Å². The van der Waals surface area contributed by atoms with Gasteiger partial charge in [-0.15, -0.1) is 0 Å². The minimum Gasteiger partial charge on any atom is -0.355 e. The molecule has 2 aromatic rings. The van der Waals surface area contributed by atoms with E-state index < -0.39 is 23.5 Å². The van der Waals surface area contributed by atoms with Crippen LogP contribution in [0.25, 0.3) is 11.3 Å². The van der Waals surface area contributed by atoms with Gasteiger partial charge >= 0.3 is 0 Å². The fourth-order valence-corrected chi connectivity index (χ4v) is 3.91. The molecule has 0 bridgehead atoms. The second kappa shape index (κ2) is 9.99. The molecule has 180 valence electrons. The lowest BCUT2D eigenvalue weighted by Crippen LogP contribution is -2.56. The third-order valence-electron chi connectivity index (χ3n) is 5.89. The first-order chi connectivity index (χ1) is 15.4. The molecule has 2 atom stereocenters. The van der Waals surface area contributed by atoms with Crippen LogP contribution >= 0.6 is 0 Å². The maximum atomic E-state index is 14.0. The number of amides is 2. The molecule has 2 amide bonds. The van der Waals surface area contributed by atoms with Crippen molar-refractivity contribution < 1.29 is 22.9 Å². The molecule has 0 aliphatic carbocycles. The Balaban J connectivity index is 1.71. The SMILES string of the molecule is CN(C)C(=O)[C@@H]1CN(CCC(C)(C)C)CC[C@H]1NC(=O)c1cc(-c2ccc(F)cc2F)on1. The van der Waals surface area contributed by atoms with E-state index in [0.717, 1.165) is 31.6 Å². The Morgan fingerprint density at radius 1 is 1.24 bits per heavy atom. The summed E-state index contributed by atoms with van der Waals surface area (Å²) in [5, 5.41) is 6.66. The van der Waals surface area contributed by atoms with Crippen LogP contribution in [0.4, 0.5) is 8.78 Å². The highest BCUT2D eigenvalue weighted by Crippen LogP contribution is 2.26. The molecule has 7 nitrogen and oxygen atoms in total. The van der Waals surface area contributed by atoms with E-state index in [4.69, 9.17) is 4.52 Å². The van der Waals surface area contributed by atoms with Crippen molar-refractivity contribution in [3.63, 3.8) is 0 Å². The molecule has 3 rings (SSSR count). The lowest BCUT2D eigenvalue weighted by molar-refractivity contribution is -0.135. The van der Waals surface area contributed by atoms with E-state index in [1.807, 2.05) is 0 Å². The van der Waals surface area contributed by atoms with Gasteiger partial charge in [-0.1, -0.05) is 25.9 Å². The van der Waals surface area contributed by atoms with Crippen LogP contribution in [0.15, 0.2) is 28.8 Å². The van der Waals surface area contributed by atoms with E-state index in [0.29, 0.717) is 13.0 Å². The van der Waals surface area contributed by atoms with Crippen LogP contribution < -0.4 is 5.32 Å². The number of benzene rings is 1. The third-order valence-corrected chi connectivity index (χ3v) is 5.89. The predicted molar refractivity (Wildman–Crippen MR) is 120 cm³/mol. The number of nitrogens with one attached hydrogen (secondary N) is 1. The van der Waals surface area contributed by atoms with Gasteiger partial charge in [0.15, 0.2) is 11.5 Å². The Hall–Kier alpha value is -2.81. The van der Waals surface area contributed by atoms with E-state index in [2.05, 4.69) is 36.1 Å². The lowest BCUT2D eigenvalue weighted by atomic mass is 9.88. The summed E-state index contributed by atoms with van der Waals surface area (Å²) in [6.07, 6.45) is 1.63. The van der Waals surface area contributed by atoms with Gasteiger partial charge in [0, 0.05) is 45.4 Å². The van der Waals surface area contributed by atoms with E-state index in [1.54, 1.807) is 19.0 Å². The molecule has 0 saturated carbocycles. The van der Waals surface area contributed by atoms with Gasteiger partial charge in [0.05, 0.1) is 11.5 Å². The zero-order valence-corrected chi connectivity index (χ0v) is 19.8. The fraction of sp³-hybridized carbons (Fsp3) is 0.542. The highest BCUT2D eigenvalue weighted by Gasteiger charge is 2.36. The highest BCUT2D eigenvalue weighted by molar-refractivity contribution is 5.94. The Morgan fingerprint density at radius 3 is 2.61 bits per heavy atom. The molecule has 9 heteroatoms. The molecule has 1 aliphatic heterocycles. The maximum absolute atomic E-state index is 14.0. The number of carbonyl (C=O) groups is 2. The quantitative estimate of drug-likeness (QED) is 0.710. The van der Waals surface area contributed by atoms with Gasteiger partial charge in [-0.3, -0.25) is 9.59 Å². The number of aromatic nitrogens is 1. The van der Waals surface area contributed by atoms with Gasteiger partial charge in [0.2, 0.25) is 5.91 Å². The number of nitrogens with zero attached hydrogens (tertiary/aromatic N) is 3. The summed E-state index contributed by atoms with van der Waals surface area (Å²) in [6, 6.07) is 4.02. The largest absolute Gasteiger partial charge is 0.355 e. The first-order valence-electron chi connectivity index (χ1n) is 11.1. The molecule has 1 fully saturated rings. The van der Waals surface area contributed by atoms with Crippen LogP contribution in [-0.4, -0.2) is 66.5 Å². The number of hydrogen-bond acceptors (Lipinski definition) is 5. The molecule has 1 aromatic carbocycles. The molecule has 0 radical (unpaired) electrons. The van der Waals surface area contributed by atoms with E-state index >= 15 is 0 Å². The highest BCUT2D eigenvalue weighted by atomic mass is 19.1. The summed E-state index contributed by atoms with van der Waals surface area (Å²) in [5.41, 5.74) is 0.177. The van der Waals surface area contributed by atoms with Crippen molar-refractivity contribution in [1.82, 2.24) is 20.3 Å². The first kappa shape index (κ1) is 24.8. The van der Waals surface area contributed by atoms with Crippen molar-refractivity contribution in [2.45, 2.75) is 39.7 Å². The summed E-state index contributed by atoms with van der Waals surface area (Å²) in [5.74, 6) is -2.43. The fourth-order valence-electron chi connectivity index (χ4n) is 3.91. The van der Waals surface area contributed by atoms with Crippen molar-refractivity contribution in [1.29, 1.82) is 0 Å². The van der Waals surface area contributed by atoms with Crippen LogP contribution in [0.1, 0.15) is 44.1 Å². The zero-order chi connectivity index (χ0) is 24.3. The number of carbonyl (C=O) groups excluding carboxylic acids is 2. The smallest absolute Gasteiger partial charge is 0.273 e. The summed E-state index contributed by atoms with van der Waals surface area (Å²) >= 11 is 0. The molecule has 1 aromatic heterocycles. The predicted octanol–water partition coefficient (Wildman–Crippen LogP) is 3.56. The Labute approximate surface area is 193 Å². The summed E-state index contributed by atoms with van der Waals surface area (Å²) in [6.45, 7) is 8.77. The van der Waals surface area contributed by atoms with E-state index in [9.17, 15) is 18.4 Å². The van der Waals surface area contributed by atoms with E-state index in [-0.39, 0.29) is 34.4 Å². The van der Waals surface area contributed by atoms with Crippen molar-refractivity contribution >= 4 is 11.8 Å². The Kier molecular flexibility index (Phi) is 7.51.